The number of alkyl carbamates (subject to hydrolysis) is 1. The minimum Gasteiger partial charge on any atom is -0.444 e. The maximum absolute atomic E-state index is 11.9. The van der Waals surface area contributed by atoms with E-state index in [2.05, 4.69) is 16.0 Å². The molecule has 0 aromatic heterocycles. The summed E-state index contributed by atoms with van der Waals surface area (Å²) in [5.74, 6) is 0.280. The number of nitrogens with one attached hydrogen (secondary N) is 3. The fourth-order valence-corrected chi connectivity index (χ4v) is 2.31. The lowest BCUT2D eigenvalue weighted by molar-refractivity contribution is -0.123. The molecule has 20 heavy (non-hydrogen) atoms. The topological polar surface area (TPSA) is 79.5 Å². The van der Waals surface area contributed by atoms with Crippen molar-refractivity contribution in [1.29, 1.82) is 0 Å². The Balaban J connectivity index is 2.55. The van der Waals surface area contributed by atoms with Gasteiger partial charge in [-0.1, -0.05) is 0 Å². The third-order valence-corrected chi connectivity index (χ3v) is 3.28. The maximum Gasteiger partial charge on any atom is 0.408 e. The van der Waals surface area contributed by atoms with Gasteiger partial charge in [-0.2, -0.15) is 0 Å². The van der Waals surface area contributed by atoms with Crippen LogP contribution in [0.15, 0.2) is 0 Å². The molecule has 0 radical (unpaired) electrons. The molecule has 6 nitrogen and oxygen atoms in total. The predicted molar refractivity (Wildman–Crippen MR) is 77.4 cm³/mol. The number of carbonyl (C=O) groups is 2. The summed E-state index contributed by atoms with van der Waals surface area (Å²) in [6, 6.07) is -0.530. The van der Waals surface area contributed by atoms with Gasteiger partial charge in [0, 0.05) is 7.05 Å². The van der Waals surface area contributed by atoms with Crippen LogP contribution in [0.25, 0.3) is 0 Å². The first-order valence-electron chi connectivity index (χ1n) is 7.23. The third kappa shape index (κ3) is 6.23. The Morgan fingerprint density at radius 2 is 1.90 bits per heavy atom. The van der Waals surface area contributed by atoms with Gasteiger partial charge in [-0.25, -0.2) is 4.79 Å². The molecule has 1 fully saturated rings. The number of carbonyl (C=O) groups excluding carboxylic acids is 2. The van der Waals surface area contributed by atoms with Crippen molar-refractivity contribution >= 4 is 12.0 Å². The minimum absolute atomic E-state index is 0.172. The van der Waals surface area contributed by atoms with Gasteiger partial charge >= 0.3 is 6.09 Å². The van der Waals surface area contributed by atoms with Crippen LogP contribution in [0.5, 0.6) is 0 Å². The summed E-state index contributed by atoms with van der Waals surface area (Å²) < 4.78 is 5.21. The van der Waals surface area contributed by atoms with E-state index >= 15 is 0 Å². The average Bonchev–Trinajstić information content (AvgIpc) is 2.36. The van der Waals surface area contributed by atoms with Gasteiger partial charge in [-0.15, -0.1) is 0 Å². The van der Waals surface area contributed by atoms with Gasteiger partial charge in [0.15, 0.2) is 0 Å². The van der Waals surface area contributed by atoms with E-state index in [1.165, 1.54) is 0 Å². The van der Waals surface area contributed by atoms with E-state index in [1.54, 1.807) is 27.8 Å². The highest BCUT2D eigenvalue weighted by Gasteiger charge is 2.27. The number of ether oxygens (including phenoxy) is 1. The van der Waals surface area contributed by atoms with E-state index in [9.17, 15) is 9.59 Å². The number of likely N-dealkylation sites (N-methyl/N-ethyl adjacent to an activating group) is 1. The molecule has 1 atom stereocenters. The van der Waals surface area contributed by atoms with E-state index < -0.39 is 17.7 Å². The molecule has 3 N–H and O–H groups in total. The number of amides is 2. The van der Waals surface area contributed by atoms with Crippen molar-refractivity contribution in [3.63, 3.8) is 0 Å². The van der Waals surface area contributed by atoms with Gasteiger partial charge in [-0.05, 0) is 59.0 Å². The van der Waals surface area contributed by atoms with E-state index in [4.69, 9.17) is 4.74 Å². The van der Waals surface area contributed by atoms with E-state index in [0.717, 1.165) is 25.9 Å². The molecule has 0 spiro atoms. The van der Waals surface area contributed by atoms with Crippen LogP contribution in [-0.4, -0.2) is 43.8 Å². The highest BCUT2D eigenvalue weighted by molar-refractivity contribution is 5.85. The smallest absolute Gasteiger partial charge is 0.408 e. The van der Waals surface area contributed by atoms with E-state index in [1.807, 2.05) is 0 Å². The molecule has 1 rings (SSSR count). The fraction of sp³-hybridized carbons (Fsp3) is 0.857. The predicted octanol–water partition coefficient (Wildman–Crippen LogP) is 1.02. The van der Waals surface area contributed by atoms with Crippen LogP contribution in [0.1, 0.15) is 40.0 Å². The highest BCUT2D eigenvalue weighted by atomic mass is 16.6. The van der Waals surface area contributed by atoms with Gasteiger partial charge in [0.2, 0.25) is 5.91 Å². The first kappa shape index (κ1) is 16.8. The molecule has 1 saturated heterocycles. The van der Waals surface area contributed by atoms with Crippen LogP contribution in [0.2, 0.25) is 0 Å². The Morgan fingerprint density at radius 1 is 1.30 bits per heavy atom. The van der Waals surface area contributed by atoms with Crippen LogP contribution < -0.4 is 16.0 Å². The SMILES string of the molecule is CNC(=O)C(CC1CCNCC1)NC(=O)OC(C)(C)C. The van der Waals surface area contributed by atoms with Crippen molar-refractivity contribution in [3.8, 4) is 0 Å². The standard InChI is InChI=1S/C14H27N3O3/c1-14(2,3)20-13(19)17-11(12(18)15-4)9-10-5-7-16-8-6-10/h10-11,16H,5-9H2,1-4H3,(H,15,18)(H,17,19). The Labute approximate surface area is 121 Å². The second kappa shape index (κ2) is 7.47. The zero-order valence-electron chi connectivity index (χ0n) is 12.9. The van der Waals surface area contributed by atoms with Gasteiger partial charge < -0.3 is 20.7 Å². The first-order chi connectivity index (χ1) is 9.31. The largest absolute Gasteiger partial charge is 0.444 e. The maximum atomic E-state index is 11.9. The van der Waals surface area contributed by atoms with Crippen LogP contribution in [0.4, 0.5) is 4.79 Å². The molecule has 2 amide bonds. The Morgan fingerprint density at radius 3 is 2.40 bits per heavy atom. The second-order valence-electron chi connectivity index (χ2n) is 6.24. The summed E-state index contributed by atoms with van der Waals surface area (Å²) in [7, 11) is 1.58. The molecule has 0 bridgehead atoms. The molecule has 1 unspecified atom stereocenters. The second-order valence-corrected chi connectivity index (χ2v) is 6.24. The lowest BCUT2D eigenvalue weighted by atomic mass is 9.91. The Hall–Kier alpha value is -1.30. The summed E-state index contributed by atoms with van der Waals surface area (Å²) in [6.07, 6.45) is 2.17. The summed E-state index contributed by atoms with van der Waals surface area (Å²) in [5.41, 5.74) is -0.563. The van der Waals surface area contributed by atoms with Gasteiger partial charge in [-0.3, -0.25) is 4.79 Å². The number of rotatable bonds is 4. The Bertz CT molecular complexity index is 333. The Kier molecular flexibility index (Phi) is 6.26. The van der Waals surface area contributed by atoms with Crippen molar-refractivity contribution in [1.82, 2.24) is 16.0 Å². The average molecular weight is 285 g/mol. The van der Waals surface area contributed by atoms with Crippen molar-refractivity contribution in [2.24, 2.45) is 5.92 Å². The molecular formula is C14H27N3O3. The van der Waals surface area contributed by atoms with Crippen molar-refractivity contribution in [2.45, 2.75) is 51.7 Å². The molecule has 0 aromatic rings. The molecule has 1 aliphatic rings. The molecule has 116 valence electrons. The van der Waals surface area contributed by atoms with Crippen molar-refractivity contribution in [3.05, 3.63) is 0 Å². The van der Waals surface area contributed by atoms with Crippen LogP contribution in [0, 0.1) is 5.92 Å². The van der Waals surface area contributed by atoms with Crippen LogP contribution >= 0.6 is 0 Å². The molecule has 6 heteroatoms. The number of piperidine rings is 1. The quantitative estimate of drug-likeness (QED) is 0.720. The summed E-state index contributed by atoms with van der Waals surface area (Å²) in [5, 5.41) is 8.57. The molecule has 1 aliphatic heterocycles. The van der Waals surface area contributed by atoms with Crippen LogP contribution in [0.3, 0.4) is 0 Å². The summed E-state index contributed by atoms with van der Waals surface area (Å²) in [4.78, 5) is 23.7. The normalized spacial score (nSPS) is 18.2. The molecular weight excluding hydrogens is 258 g/mol. The van der Waals surface area contributed by atoms with Gasteiger partial charge in [0.25, 0.3) is 0 Å². The zero-order valence-corrected chi connectivity index (χ0v) is 12.9. The highest BCUT2D eigenvalue weighted by Crippen LogP contribution is 2.18. The van der Waals surface area contributed by atoms with E-state index in [0.29, 0.717) is 12.3 Å². The van der Waals surface area contributed by atoms with E-state index in [-0.39, 0.29) is 5.91 Å². The number of hydrogen-bond acceptors (Lipinski definition) is 4. The molecule has 0 aliphatic carbocycles. The number of hydrogen-bond donors (Lipinski definition) is 3. The van der Waals surface area contributed by atoms with Crippen LogP contribution in [-0.2, 0) is 9.53 Å². The molecule has 0 aromatic carbocycles. The molecule has 1 heterocycles. The fourth-order valence-electron chi connectivity index (χ4n) is 2.31. The summed E-state index contributed by atoms with van der Waals surface area (Å²) >= 11 is 0. The molecule has 0 saturated carbocycles. The minimum atomic E-state index is -0.563. The monoisotopic (exact) mass is 285 g/mol. The van der Waals surface area contributed by atoms with Crippen molar-refractivity contribution in [2.75, 3.05) is 20.1 Å². The lowest BCUT2D eigenvalue weighted by Gasteiger charge is -2.27. The van der Waals surface area contributed by atoms with Gasteiger partial charge in [0.1, 0.15) is 11.6 Å². The first-order valence-corrected chi connectivity index (χ1v) is 7.23. The van der Waals surface area contributed by atoms with Crippen molar-refractivity contribution < 1.29 is 14.3 Å². The third-order valence-electron chi connectivity index (χ3n) is 3.28. The zero-order chi connectivity index (χ0) is 15.2. The lowest BCUT2D eigenvalue weighted by Crippen LogP contribution is -2.48. The van der Waals surface area contributed by atoms with Gasteiger partial charge in [0.05, 0.1) is 0 Å². The summed E-state index contributed by atoms with van der Waals surface area (Å²) in [6.45, 7) is 7.34.